The molecular formula is C18H15Cl2NO5. The topological polar surface area (TPSA) is 80.0 Å². The highest BCUT2D eigenvalue weighted by atomic mass is 35.5. The zero-order chi connectivity index (χ0) is 18.8. The van der Waals surface area contributed by atoms with Crippen molar-refractivity contribution in [1.82, 2.24) is 4.90 Å². The summed E-state index contributed by atoms with van der Waals surface area (Å²) in [5.41, 5.74) is 0.379. The minimum atomic E-state index is -0.875. The molecule has 1 amide bonds. The molecule has 1 aliphatic rings. The fourth-order valence-electron chi connectivity index (χ4n) is 2.89. The van der Waals surface area contributed by atoms with Crippen LogP contribution >= 0.6 is 23.2 Å². The molecule has 0 fully saturated rings. The maximum absolute atomic E-state index is 12.9. The standard InChI is InChI=1S/C18H15Cl2NO5/c1-25-8-6-21-15(11-5-4-10(19)9-12(11)20)14(17(23)18(21)24)16(22)13-3-2-7-26-13/h2-5,7,9,15,23H,6,8H2,1H3/t15-/m1/s1. The van der Waals surface area contributed by atoms with Gasteiger partial charge in [-0.15, -0.1) is 0 Å². The third-order valence-electron chi connectivity index (χ3n) is 4.09. The molecule has 2 aromatic rings. The predicted molar refractivity (Wildman–Crippen MR) is 95.5 cm³/mol. The van der Waals surface area contributed by atoms with Gasteiger partial charge < -0.3 is 19.2 Å². The van der Waals surface area contributed by atoms with Crippen LogP contribution in [0.5, 0.6) is 0 Å². The van der Waals surface area contributed by atoms with Gasteiger partial charge in [0.1, 0.15) is 0 Å². The van der Waals surface area contributed by atoms with Crippen molar-refractivity contribution in [1.29, 1.82) is 0 Å². The lowest BCUT2D eigenvalue weighted by molar-refractivity contribution is -0.130. The number of ether oxygens (including phenoxy) is 1. The van der Waals surface area contributed by atoms with Crippen molar-refractivity contribution in [2.75, 3.05) is 20.3 Å². The van der Waals surface area contributed by atoms with E-state index in [-0.39, 0.29) is 29.5 Å². The van der Waals surface area contributed by atoms with Crippen molar-refractivity contribution in [3.8, 4) is 0 Å². The Morgan fingerprint density at radius 3 is 2.73 bits per heavy atom. The third-order valence-corrected chi connectivity index (χ3v) is 4.65. The molecule has 0 aliphatic carbocycles. The average molecular weight is 396 g/mol. The number of carbonyl (C=O) groups is 2. The first-order chi connectivity index (χ1) is 12.5. The molecule has 1 N–H and O–H groups in total. The number of Topliss-reactive ketones (excluding diaryl/α,β-unsaturated/α-hetero) is 1. The Labute approximate surface area is 159 Å². The number of carbonyl (C=O) groups excluding carboxylic acids is 2. The van der Waals surface area contributed by atoms with Crippen molar-refractivity contribution in [2.24, 2.45) is 0 Å². The second-order valence-corrected chi connectivity index (χ2v) is 6.47. The van der Waals surface area contributed by atoms with Gasteiger partial charge in [0.25, 0.3) is 5.91 Å². The van der Waals surface area contributed by atoms with Crippen LogP contribution in [0.2, 0.25) is 10.0 Å². The van der Waals surface area contributed by atoms with Gasteiger partial charge in [-0.25, -0.2) is 0 Å². The number of halogens is 2. The SMILES string of the molecule is COCCN1C(=O)C(O)=C(C(=O)c2ccco2)[C@H]1c1ccc(Cl)cc1Cl. The number of rotatable bonds is 6. The van der Waals surface area contributed by atoms with E-state index in [9.17, 15) is 14.7 Å². The van der Waals surface area contributed by atoms with E-state index >= 15 is 0 Å². The quantitative estimate of drug-likeness (QED) is 0.752. The third kappa shape index (κ3) is 3.23. The number of benzene rings is 1. The van der Waals surface area contributed by atoms with Crippen LogP contribution in [-0.4, -0.2) is 42.0 Å². The maximum Gasteiger partial charge on any atom is 0.290 e. The maximum atomic E-state index is 12.9. The van der Waals surface area contributed by atoms with Crippen molar-refractivity contribution >= 4 is 34.9 Å². The van der Waals surface area contributed by atoms with Crippen LogP contribution in [0.4, 0.5) is 0 Å². The second kappa shape index (κ2) is 7.53. The number of aliphatic hydroxyl groups excluding tert-OH is 1. The molecule has 2 heterocycles. The fraction of sp³-hybridized carbons (Fsp3) is 0.222. The molecule has 26 heavy (non-hydrogen) atoms. The summed E-state index contributed by atoms with van der Waals surface area (Å²) in [6.07, 6.45) is 1.34. The van der Waals surface area contributed by atoms with Crippen LogP contribution in [-0.2, 0) is 9.53 Å². The van der Waals surface area contributed by atoms with Crippen molar-refractivity contribution in [2.45, 2.75) is 6.04 Å². The van der Waals surface area contributed by atoms with Crippen LogP contribution in [0.25, 0.3) is 0 Å². The smallest absolute Gasteiger partial charge is 0.290 e. The molecule has 3 rings (SSSR count). The van der Waals surface area contributed by atoms with E-state index in [1.165, 1.54) is 30.4 Å². The molecule has 0 radical (unpaired) electrons. The molecular weight excluding hydrogens is 381 g/mol. The Morgan fingerprint density at radius 1 is 1.35 bits per heavy atom. The summed E-state index contributed by atoms with van der Waals surface area (Å²) in [5, 5.41) is 11.1. The van der Waals surface area contributed by atoms with E-state index in [1.54, 1.807) is 18.2 Å². The molecule has 6 nitrogen and oxygen atoms in total. The first-order valence-electron chi connectivity index (χ1n) is 7.72. The van der Waals surface area contributed by atoms with Crippen molar-refractivity contribution < 1.29 is 23.8 Å². The van der Waals surface area contributed by atoms with Crippen molar-refractivity contribution in [3.63, 3.8) is 0 Å². The molecule has 8 heteroatoms. The number of methoxy groups -OCH3 is 1. The summed E-state index contributed by atoms with van der Waals surface area (Å²) in [6.45, 7) is 0.390. The Balaban J connectivity index is 2.12. The van der Waals surface area contributed by atoms with Crippen LogP contribution in [0.15, 0.2) is 52.3 Å². The first kappa shape index (κ1) is 18.5. The normalized spacial score (nSPS) is 17.3. The van der Waals surface area contributed by atoms with Crippen molar-refractivity contribution in [3.05, 3.63) is 69.3 Å². The van der Waals surface area contributed by atoms with Crippen LogP contribution in [0.3, 0.4) is 0 Å². The van der Waals surface area contributed by atoms with E-state index in [0.717, 1.165) is 0 Å². The summed E-state index contributed by atoms with van der Waals surface area (Å²) >= 11 is 12.3. The Kier molecular flexibility index (Phi) is 5.36. The molecule has 1 aliphatic heterocycles. The zero-order valence-electron chi connectivity index (χ0n) is 13.7. The van der Waals surface area contributed by atoms with E-state index in [4.69, 9.17) is 32.4 Å². The predicted octanol–water partition coefficient (Wildman–Crippen LogP) is 3.81. The van der Waals surface area contributed by atoms with Gasteiger partial charge in [-0.05, 0) is 29.8 Å². The molecule has 0 spiro atoms. The molecule has 0 saturated carbocycles. The van der Waals surface area contributed by atoms with Gasteiger partial charge >= 0.3 is 0 Å². The average Bonchev–Trinajstić information content (AvgIpc) is 3.22. The number of furan rings is 1. The number of nitrogens with zero attached hydrogens (tertiary/aromatic N) is 1. The highest BCUT2D eigenvalue weighted by Crippen LogP contribution is 2.41. The lowest BCUT2D eigenvalue weighted by Crippen LogP contribution is -2.34. The number of ketones is 1. The van der Waals surface area contributed by atoms with Crippen LogP contribution in [0, 0.1) is 0 Å². The summed E-state index contributed by atoms with van der Waals surface area (Å²) in [6, 6.07) is 6.88. The van der Waals surface area contributed by atoms with Crippen LogP contribution < -0.4 is 0 Å². The molecule has 0 bridgehead atoms. The number of hydrogen-bond donors (Lipinski definition) is 1. The summed E-state index contributed by atoms with van der Waals surface area (Å²) in [7, 11) is 1.49. The number of hydrogen-bond acceptors (Lipinski definition) is 5. The van der Waals surface area contributed by atoms with E-state index in [0.29, 0.717) is 10.6 Å². The Hall–Kier alpha value is -2.28. The summed E-state index contributed by atoms with van der Waals surface area (Å²) in [5.74, 6) is -1.87. The molecule has 0 saturated heterocycles. The number of amides is 1. The van der Waals surface area contributed by atoms with Gasteiger partial charge in [0, 0.05) is 23.7 Å². The van der Waals surface area contributed by atoms with Crippen LogP contribution in [0.1, 0.15) is 22.2 Å². The molecule has 0 unspecified atom stereocenters. The van der Waals surface area contributed by atoms with Gasteiger partial charge in [-0.2, -0.15) is 0 Å². The summed E-state index contributed by atoms with van der Waals surface area (Å²) in [4.78, 5) is 26.8. The summed E-state index contributed by atoms with van der Waals surface area (Å²) < 4.78 is 10.2. The minimum Gasteiger partial charge on any atom is -0.503 e. The monoisotopic (exact) mass is 395 g/mol. The van der Waals surface area contributed by atoms with Gasteiger partial charge in [-0.3, -0.25) is 9.59 Å². The Bertz CT molecular complexity index is 876. The molecule has 1 atom stereocenters. The van der Waals surface area contributed by atoms with Gasteiger partial charge in [0.15, 0.2) is 11.5 Å². The number of aliphatic hydroxyl groups is 1. The van der Waals surface area contributed by atoms with E-state index < -0.39 is 23.5 Å². The van der Waals surface area contributed by atoms with Gasteiger partial charge in [0.05, 0.1) is 24.5 Å². The minimum absolute atomic E-state index is 0.0167. The highest BCUT2D eigenvalue weighted by molar-refractivity contribution is 6.35. The largest absolute Gasteiger partial charge is 0.503 e. The lowest BCUT2D eigenvalue weighted by Gasteiger charge is -2.27. The first-order valence-corrected chi connectivity index (χ1v) is 8.47. The fourth-order valence-corrected chi connectivity index (χ4v) is 3.40. The van der Waals surface area contributed by atoms with E-state index in [2.05, 4.69) is 0 Å². The Morgan fingerprint density at radius 2 is 2.12 bits per heavy atom. The molecule has 1 aromatic heterocycles. The van der Waals surface area contributed by atoms with E-state index in [1.807, 2.05) is 0 Å². The molecule has 1 aromatic carbocycles. The van der Waals surface area contributed by atoms with Gasteiger partial charge in [-0.1, -0.05) is 29.3 Å². The zero-order valence-corrected chi connectivity index (χ0v) is 15.3. The lowest BCUT2D eigenvalue weighted by atomic mass is 9.95. The highest BCUT2D eigenvalue weighted by Gasteiger charge is 2.44. The molecule has 136 valence electrons. The van der Waals surface area contributed by atoms with Gasteiger partial charge in [0.2, 0.25) is 5.78 Å². The second-order valence-electron chi connectivity index (χ2n) is 5.63.